The second-order valence-electron chi connectivity index (χ2n) is 9.26. The van der Waals surface area contributed by atoms with Crippen LogP contribution in [0.15, 0.2) is 30.4 Å². The minimum Gasteiger partial charge on any atom is -0.298 e. The molecule has 0 spiro atoms. The number of carbonyl (C=O) groups is 2. The van der Waals surface area contributed by atoms with E-state index in [-0.39, 0.29) is 28.1 Å². The fraction of sp³-hybridized carbons (Fsp3) is 0.435. The predicted molar refractivity (Wildman–Crippen MR) is 119 cm³/mol. The van der Waals surface area contributed by atoms with Gasteiger partial charge >= 0.3 is 0 Å². The molecule has 150 valence electrons. The normalized spacial score (nSPS) is 17.2. The van der Waals surface area contributed by atoms with Crippen LogP contribution in [-0.2, 0) is 20.4 Å². The van der Waals surface area contributed by atoms with Gasteiger partial charge in [0.1, 0.15) is 5.57 Å². The third kappa shape index (κ3) is 4.41. The molecule has 0 bridgehead atoms. The number of hydrogen-bond acceptors (Lipinski definition) is 3. The van der Waals surface area contributed by atoms with Crippen molar-refractivity contribution in [1.29, 1.82) is 0 Å². The Kier molecular flexibility index (Phi) is 6.00. The third-order valence-corrected chi connectivity index (χ3v) is 5.18. The first kappa shape index (κ1) is 22.0. The van der Waals surface area contributed by atoms with Crippen LogP contribution in [0.1, 0.15) is 63.8 Å². The molecule has 5 heteroatoms. The Bertz CT molecular complexity index is 848. The van der Waals surface area contributed by atoms with Gasteiger partial charge in [0.05, 0.1) is 0 Å². The molecule has 0 aromatic heterocycles. The highest BCUT2D eigenvalue weighted by atomic mass is 32.1. The van der Waals surface area contributed by atoms with Crippen molar-refractivity contribution in [3.05, 3.63) is 52.6 Å². The highest BCUT2D eigenvalue weighted by Crippen LogP contribution is 2.35. The highest BCUT2D eigenvalue weighted by Gasteiger charge is 2.33. The zero-order valence-corrected chi connectivity index (χ0v) is 18.7. The first-order valence-corrected chi connectivity index (χ1v) is 9.83. The molecule has 0 unspecified atom stereocenters. The van der Waals surface area contributed by atoms with E-state index in [0.717, 1.165) is 5.56 Å². The van der Waals surface area contributed by atoms with Gasteiger partial charge in [-0.25, -0.2) is 0 Å². The quantitative estimate of drug-likeness (QED) is 0.355. The summed E-state index contributed by atoms with van der Waals surface area (Å²) in [4.78, 5) is 26.6. The van der Waals surface area contributed by atoms with Crippen molar-refractivity contribution in [2.75, 3.05) is 6.54 Å². The van der Waals surface area contributed by atoms with E-state index in [1.165, 1.54) is 21.6 Å². The number of hydrogen-bond donors (Lipinski definition) is 1. The van der Waals surface area contributed by atoms with Crippen molar-refractivity contribution >= 4 is 35.2 Å². The molecule has 1 fully saturated rings. The molecule has 0 saturated carbocycles. The van der Waals surface area contributed by atoms with E-state index in [0.29, 0.717) is 0 Å². The summed E-state index contributed by atoms with van der Waals surface area (Å²) in [5.74, 6) is -0.866. The smallest absolute Gasteiger partial charge is 0.265 e. The molecule has 1 aliphatic rings. The maximum Gasteiger partial charge on any atom is 0.265 e. The Labute approximate surface area is 173 Å². The Balaban J connectivity index is 2.67. The Morgan fingerprint density at radius 1 is 1.07 bits per heavy atom. The molecule has 2 amide bonds. The molecule has 4 nitrogen and oxygen atoms in total. The van der Waals surface area contributed by atoms with Gasteiger partial charge in [0, 0.05) is 6.54 Å². The minimum absolute atomic E-state index is 0.0616. The van der Waals surface area contributed by atoms with Crippen LogP contribution < -0.4 is 5.32 Å². The number of carbonyl (C=O) groups excluding carboxylic acids is 2. The molecular weight excluding hydrogens is 368 g/mol. The summed E-state index contributed by atoms with van der Waals surface area (Å²) in [5, 5.41) is 2.71. The lowest BCUT2D eigenvalue weighted by Gasteiger charge is -2.30. The fourth-order valence-electron chi connectivity index (χ4n) is 3.53. The summed E-state index contributed by atoms with van der Waals surface area (Å²) >= 11 is 5.12. The molecule has 1 saturated heterocycles. The molecule has 2 rings (SSSR count). The predicted octanol–water partition coefficient (Wildman–Crippen LogP) is 4.40. The van der Waals surface area contributed by atoms with Gasteiger partial charge in [-0.15, -0.1) is 6.58 Å². The standard InChI is InChI=1S/C23H30N2O2S/c1-9-10-25-20(27)16(19(26)24-21(25)28)11-15-12-17(22(3,4)5)14(2)18(13-15)23(6,7)8/h9,11-13H,1,10H2,2-8H3,(H,24,26,28). The van der Waals surface area contributed by atoms with Crippen molar-refractivity contribution in [1.82, 2.24) is 10.2 Å². The van der Waals surface area contributed by atoms with Crippen molar-refractivity contribution in [3.8, 4) is 0 Å². The van der Waals surface area contributed by atoms with E-state index in [9.17, 15) is 9.59 Å². The molecule has 1 N–H and O–H groups in total. The average molecular weight is 399 g/mol. The number of amides is 2. The molecule has 0 radical (unpaired) electrons. The number of nitrogens with zero attached hydrogens (tertiary/aromatic N) is 1. The van der Waals surface area contributed by atoms with Crippen molar-refractivity contribution in [2.24, 2.45) is 0 Å². The van der Waals surface area contributed by atoms with Gasteiger partial charge in [0.2, 0.25) is 0 Å². The van der Waals surface area contributed by atoms with Crippen LogP contribution in [0.3, 0.4) is 0 Å². The molecule has 0 aliphatic carbocycles. The van der Waals surface area contributed by atoms with Gasteiger partial charge in [-0.1, -0.05) is 59.8 Å². The van der Waals surface area contributed by atoms with E-state index < -0.39 is 11.8 Å². The first-order chi connectivity index (χ1) is 12.8. The summed E-state index contributed by atoms with van der Waals surface area (Å²) in [6.45, 7) is 19.1. The largest absolute Gasteiger partial charge is 0.298 e. The average Bonchev–Trinajstić information content (AvgIpc) is 2.54. The van der Waals surface area contributed by atoms with E-state index in [1.807, 2.05) is 0 Å². The van der Waals surface area contributed by atoms with Crippen LogP contribution in [-0.4, -0.2) is 28.4 Å². The SMILES string of the molecule is C=CCN1C(=O)C(=Cc2cc(C(C)(C)C)c(C)c(C(C)(C)C)c2)C(=O)NC1=S. The van der Waals surface area contributed by atoms with Crippen molar-refractivity contribution in [2.45, 2.75) is 59.3 Å². The number of thiocarbonyl (C=S) groups is 1. The first-order valence-electron chi connectivity index (χ1n) is 9.42. The van der Waals surface area contributed by atoms with Crippen LogP contribution in [0.2, 0.25) is 0 Å². The second-order valence-corrected chi connectivity index (χ2v) is 9.65. The summed E-state index contributed by atoms with van der Waals surface area (Å²) in [6.07, 6.45) is 3.25. The second kappa shape index (κ2) is 7.63. The monoisotopic (exact) mass is 398 g/mol. The summed E-state index contributed by atoms with van der Waals surface area (Å²) in [7, 11) is 0. The zero-order chi connectivity index (χ0) is 21.4. The number of nitrogens with one attached hydrogen (secondary N) is 1. The van der Waals surface area contributed by atoms with Crippen LogP contribution >= 0.6 is 12.2 Å². The van der Waals surface area contributed by atoms with E-state index in [1.54, 1.807) is 12.2 Å². The summed E-state index contributed by atoms with van der Waals surface area (Å²) < 4.78 is 0. The lowest BCUT2D eigenvalue weighted by Crippen LogP contribution is -2.53. The van der Waals surface area contributed by atoms with Gasteiger partial charge in [-0.05, 0) is 58.3 Å². The maximum atomic E-state index is 12.8. The van der Waals surface area contributed by atoms with Crippen LogP contribution in [0, 0.1) is 6.92 Å². The number of rotatable bonds is 3. The molecule has 1 heterocycles. The van der Waals surface area contributed by atoms with Crippen LogP contribution in [0.5, 0.6) is 0 Å². The van der Waals surface area contributed by atoms with Gasteiger partial charge in [-0.2, -0.15) is 0 Å². The Morgan fingerprint density at radius 3 is 2.00 bits per heavy atom. The third-order valence-electron chi connectivity index (χ3n) is 4.85. The number of benzene rings is 1. The Hall–Kier alpha value is -2.27. The molecule has 1 aliphatic heterocycles. The molecular formula is C23H30N2O2S. The molecule has 1 aromatic rings. The lowest BCUT2D eigenvalue weighted by molar-refractivity contribution is -0.128. The summed E-state index contributed by atoms with van der Waals surface area (Å²) in [5.41, 5.74) is 4.45. The van der Waals surface area contributed by atoms with Crippen LogP contribution in [0.25, 0.3) is 6.08 Å². The molecule has 0 atom stereocenters. The van der Waals surface area contributed by atoms with Gasteiger partial charge in [0.25, 0.3) is 11.8 Å². The molecule has 28 heavy (non-hydrogen) atoms. The van der Waals surface area contributed by atoms with E-state index >= 15 is 0 Å². The zero-order valence-electron chi connectivity index (χ0n) is 17.9. The van der Waals surface area contributed by atoms with Crippen molar-refractivity contribution < 1.29 is 9.59 Å². The highest BCUT2D eigenvalue weighted by molar-refractivity contribution is 7.80. The lowest BCUT2D eigenvalue weighted by atomic mass is 9.75. The van der Waals surface area contributed by atoms with Gasteiger partial charge in [0.15, 0.2) is 5.11 Å². The minimum atomic E-state index is -0.467. The van der Waals surface area contributed by atoms with Gasteiger partial charge in [-0.3, -0.25) is 19.8 Å². The maximum absolute atomic E-state index is 12.8. The van der Waals surface area contributed by atoms with Crippen molar-refractivity contribution in [3.63, 3.8) is 0 Å². The molecule has 1 aromatic carbocycles. The van der Waals surface area contributed by atoms with E-state index in [4.69, 9.17) is 12.2 Å². The fourth-order valence-corrected chi connectivity index (χ4v) is 3.78. The topological polar surface area (TPSA) is 49.4 Å². The summed E-state index contributed by atoms with van der Waals surface area (Å²) in [6, 6.07) is 4.14. The van der Waals surface area contributed by atoms with Gasteiger partial charge < -0.3 is 0 Å². The van der Waals surface area contributed by atoms with E-state index in [2.05, 4.69) is 72.5 Å². The Morgan fingerprint density at radius 2 is 1.57 bits per heavy atom. The van der Waals surface area contributed by atoms with Crippen LogP contribution in [0.4, 0.5) is 0 Å².